The minimum absolute atomic E-state index is 0.00525. The van der Waals surface area contributed by atoms with Gasteiger partial charge in [0.15, 0.2) is 11.9 Å². The fraction of sp³-hybridized carbons (Fsp3) is 0.692. The van der Waals surface area contributed by atoms with E-state index >= 15 is 0 Å². The van der Waals surface area contributed by atoms with Gasteiger partial charge < -0.3 is 24.6 Å². The van der Waals surface area contributed by atoms with Crippen molar-refractivity contribution in [3.05, 3.63) is 29.8 Å². The van der Waals surface area contributed by atoms with E-state index in [9.17, 15) is 22.8 Å². The first kappa shape index (κ1) is 27.2. The fourth-order valence-corrected chi connectivity index (χ4v) is 6.50. The van der Waals surface area contributed by atoms with E-state index in [1.54, 1.807) is 0 Å². The first-order valence-electron chi connectivity index (χ1n) is 12.9. The number of hydrogen-bond donors (Lipinski definition) is 2. The van der Waals surface area contributed by atoms with Crippen LogP contribution >= 0.6 is 0 Å². The molecule has 4 aliphatic heterocycles. The van der Waals surface area contributed by atoms with E-state index in [4.69, 9.17) is 29.1 Å². The first-order valence-corrected chi connectivity index (χ1v) is 12.9. The molecule has 4 heterocycles. The Balaban J connectivity index is 1.29. The summed E-state index contributed by atoms with van der Waals surface area (Å²) < 4.78 is 56.8. The van der Waals surface area contributed by atoms with Gasteiger partial charge in [0.25, 0.3) is 5.91 Å². The van der Waals surface area contributed by atoms with Crippen LogP contribution in [0.3, 0.4) is 0 Å². The average molecular weight is 544 g/mol. The molecule has 1 spiro atoms. The molecule has 1 saturated carbocycles. The maximum absolute atomic E-state index is 12.7. The van der Waals surface area contributed by atoms with Crippen molar-refractivity contribution in [2.75, 3.05) is 0 Å². The molecule has 38 heavy (non-hydrogen) atoms. The van der Waals surface area contributed by atoms with Gasteiger partial charge in [-0.05, 0) is 62.3 Å². The van der Waals surface area contributed by atoms with Crippen LogP contribution in [0.4, 0.5) is 13.2 Å². The van der Waals surface area contributed by atoms with E-state index in [0.29, 0.717) is 18.1 Å². The predicted molar refractivity (Wildman–Crippen MR) is 123 cm³/mol. The number of carboxylic acids is 1. The Morgan fingerprint density at radius 2 is 1.84 bits per heavy atom. The number of benzene rings is 1. The number of alkyl halides is 3. The number of halogens is 3. The fourth-order valence-electron chi connectivity index (χ4n) is 6.50. The summed E-state index contributed by atoms with van der Waals surface area (Å²) in [6.07, 6.45) is -4.26. The Hall–Kier alpha value is -2.41. The third-order valence-corrected chi connectivity index (χ3v) is 8.50. The number of carbonyl (C=O) groups is 2. The molecule has 9 nitrogen and oxygen atoms in total. The van der Waals surface area contributed by atoms with Gasteiger partial charge in [0, 0.05) is 23.8 Å². The number of nitrogens with one attached hydrogen (secondary N) is 1. The van der Waals surface area contributed by atoms with Crippen molar-refractivity contribution in [1.82, 2.24) is 5.32 Å². The molecule has 5 aliphatic rings. The molecule has 1 aromatic rings. The van der Waals surface area contributed by atoms with E-state index < -0.39 is 54.5 Å². The third kappa shape index (κ3) is 4.87. The molecule has 0 radical (unpaired) electrons. The molecule has 210 valence electrons. The Labute approximate surface area is 217 Å². The SMILES string of the molecule is C[C@H]1[C@@H](Oc2ccc(C(=O)N[C@@H](CC(F)(F)F)C(=O)O)cc2)O[C@@H]2O[C@@]3(C)CC[C@H]4[C@H](C)CC[C@@H]1[C@@]24OO3. The van der Waals surface area contributed by atoms with Crippen LogP contribution in [0.1, 0.15) is 63.2 Å². The number of ether oxygens (including phenoxy) is 3. The minimum atomic E-state index is -4.74. The van der Waals surface area contributed by atoms with E-state index in [1.165, 1.54) is 24.3 Å². The van der Waals surface area contributed by atoms with Crippen molar-refractivity contribution >= 4 is 11.9 Å². The number of carboxylic acid groups (broad SMARTS) is 1. The molecule has 2 bridgehead atoms. The predicted octanol–water partition coefficient (Wildman–Crippen LogP) is 4.41. The second-order valence-corrected chi connectivity index (χ2v) is 11.1. The summed E-state index contributed by atoms with van der Waals surface area (Å²) in [7, 11) is 0. The Bertz CT molecular complexity index is 1070. The molecule has 5 fully saturated rings. The highest BCUT2D eigenvalue weighted by atomic mass is 19.4. The van der Waals surface area contributed by atoms with Gasteiger partial charge in [-0.15, -0.1) is 0 Å². The van der Waals surface area contributed by atoms with Gasteiger partial charge in [-0.25, -0.2) is 14.6 Å². The van der Waals surface area contributed by atoms with Crippen LogP contribution in [0, 0.1) is 23.7 Å². The maximum atomic E-state index is 12.7. The van der Waals surface area contributed by atoms with Crippen LogP contribution in [-0.4, -0.2) is 53.2 Å². The van der Waals surface area contributed by atoms with E-state index in [-0.39, 0.29) is 23.3 Å². The zero-order chi connectivity index (χ0) is 27.5. The first-order chi connectivity index (χ1) is 17.8. The molecule has 6 rings (SSSR count). The van der Waals surface area contributed by atoms with Crippen LogP contribution < -0.4 is 10.1 Å². The van der Waals surface area contributed by atoms with Gasteiger partial charge in [-0.3, -0.25) is 4.79 Å². The van der Waals surface area contributed by atoms with Gasteiger partial charge in [-0.1, -0.05) is 13.8 Å². The largest absolute Gasteiger partial charge is 0.480 e. The maximum Gasteiger partial charge on any atom is 0.391 e. The quantitative estimate of drug-likeness (QED) is 0.508. The number of amides is 1. The second kappa shape index (κ2) is 9.65. The van der Waals surface area contributed by atoms with Gasteiger partial charge in [-0.2, -0.15) is 13.2 Å². The molecule has 0 aromatic heterocycles. The summed E-state index contributed by atoms with van der Waals surface area (Å²) in [4.78, 5) is 35.5. The molecule has 4 saturated heterocycles. The molecule has 1 amide bonds. The van der Waals surface area contributed by atoms with Crippen molar-refractivity contribution in [3.8, 4) is 5.75 Å². The Morgan fingerprint density at radius 1 is 1.13 bits per heavy atom. The van der Waals surface area contributed by atoms with Gasteiger partial charge in [0.05, 0.1) is 6.42 Å². The number of hydrogen-bond acceptors (Lipinski definition) is 7. The van der Waals surface area contributed by atoms with Crippen molar-refractivity contribution < 1.29 is 51.9 Å². The van der Waals surface area contributed by atoms with E-state index in [1.807, 2.05) is 19.2 Å². The van der Waals surface area contributed by atoms with Crippen LogP contribution in [0.5, 0.6) is 5.75 Å². The van der Waals surface area contributed by atoms with Crippen LogP contribution in [-0.2, 0) is 24.0 Å². The third-order valence-electron chi connectivity index (χ3n) is 8.50. The van der Waals surface area contributed by atoms with Crippen molar-refractivity contribution in [1.29, 1.82) is 0 Å². The van der Waals surface area contributed by atoms with Crippen LogP contribution in [0.2, 0.25) is 0 Å². The second-order valence-electron chi connectivity index (χ2n) is 11.1. The summed E-state index contributed by atoms with van der Waals surface area (Å²) in [6.45, 7) is 6.09. The van der Waals surface area contributed by atoms with Crippen molar-refractivity contribution in [2.24, 2.45) is 23.7 Å². The molecule has 12 heteroatoms. The summed E-state index contributed by atoms with van der Waals surface area (Å²) in [5, 5.41) is 11.0. The highest BCUT2D eigenvalue weighted by Gasteiger charge is 2.69. The van der Waals surface area contributed by atoms with Crippen LogP contribution in [0.25, 0.3) is 0 Å². The van der Waals surface area contributed by atoms with E-state index in [0.717, 1.165) is 19.3 Å². The molecular weight excluding hydrogens is 511 g/mol. The van der Waals surface area contributed by atoms with Gasteiger partial charge in [0.1, 0.15) is 11.8 Å². The standard InChI is InChI=1S/C26H32F3NO8/c1-13-4-9-18-14(2)22(35-23-26(18)17(13)10-11-24(3,36-23)37-38-26)34-16-7-5-15(6-8-16)20(31)30-19(21(32)33)12-25(27,28)29/h5-8,13-14,17-19,22-23H,4,9-12H2,1-3H3,(H,30,31)(H,32,33)/t13-,14-,17+,18+,19+,22+,23-,24-,26-/m1/s1. The summed E-state index contributed by atoms with van der Waals surface area (Å²) >= 11 is 0. The number of aliphatic carboxylic acids is 1. The smallest absolute Gasteiger partial charge is 0.391 e. The zero-order valence-electron chi connectivity index (χ0n) is 21.3. The van der Waals surface area contributed by atoms with Crippen LogP contribution in [0.15, 0.2) is 24.3 Å². The van der Waals surface area contributed by atoms with Crippen molar-refractivity contribution in [3.63, 3.8) is 0 Å². The Kier molecular flexibility index (Phi) is 6.90. The molecule has 2 N–H and O–H groups in total. The normalized spacial score (nSPS) is 39.0. The van der Waals surface area contributed by atoms with E-state index in [2.05, 4.69) is 6.92 Å². The average Bonchev–Trinajstić information content (AvgIpc) is 3.07. The van der Waals surface area contributed by atoms with Crippen molar-refractivity contribution in [2.45, 2.75) is 89.1 Å². The lowest BCUT2D eigenvalue weighted by atomic mass is 9.58. The molecule has 9 atom stereocenters. The summed E-state index contributed by atoms with van der Waals surface area (Å²) in [6, 6.07) is 3.59. The lowest BCUT2D eigenvalue weighted by Crippen LogP contribution is -2.70. The lowest BCUT2D eigenvalue weighted by molar-refractivity contribution is -0.575. The minimum Gasteiger partial charge on any atom is -0.480 e. The van der Waals surface area contributed by atoms with Gasteiger partial charge >= 0.3 is 12.1 Å². The molecule has 0 unspecified atom stereocenters. The highest BCUT2D eigenvalue weighted by Crippen LogP contribution is 2.60. The van der Waals surface area contributed by atoms with Gasteiger partial charge in [0.2, 0.25) is 12.1 Å². The zero-order valence-corrected chi connectivity index (χ0v) is 21.3. The number of fused-ring (bicyclic) bond motifs is 2. The number of carbonyl (C=O) groups excluding carboxylic acids is 1. The summed E-state index contributed by atoms with van der Waals surface area (Å²) in [5.74, 6) is -2.64. The molecular formula is C26H32F3NO8. The summed E-state index contributed by atoms with van der Waals surface area (Å²) in [5.41, 5.74) is -0.735. The topological polar surface area (TPSA) is 113 Å². The monoisotopic (exact) mass is 543 g/mol. The highest BCUT2D eigenvalue weighted by molar-refractivity contribution is 5.96. The molecule has 1 aliphatic carbocycles. The molecule has 1 aromatic carbocycles. The lowest BCUT2D eigenvalue weighted by Gasteiger charge is -2.60. The Morgan fingerprint density at radius 3 is 2.50 bits per heavy atom. The number of rotatable bonds is 6.